The first kappa shape index (κ1) is 13.1. The van der Waals surface area contributed by atoms with Crippen LogP contribution in [0, 0.1) is 0 Å². The number of pyridine rings is 1. The largest absolute Gasteiger partial charge is 0.493 e. The van der Waals surface area contributed by atoms with Gasteiger partial charge in [0.15, 0.2) is 11.8 Å². The highest BCUT2D eigenvalue weighted by atomic mass is 35.5. The van der Waals surface area contributed by atoms with Gasteiger partial charge in [0.1, 0.15) is 0 Å². The summed E-state index contributed by atoms with van der Waals surface area (Å²) in [5.74, 6) is 1.35. The normalized spacial score (nSPS) is 8.79. The van der Waals surface area contributed by atoms with Gasteiger partial charge in [-0.1, -0.05) is 11.6 Å². The van der Waals surface area contributed by atoms with Gasteiger partial charge in [-0.3, -0.25) is 0 Å². The molecule has 0 aromatic carbocycles. The van der Waals surface area contributed by atoms with Gasteiger partial charge < -0.3 is 14.2 Å². The molecule has 0 bridgehead atoms. The third-order valence-corrected chi connectivity index (χ3v) is 1.56. The number of aromatic nitrogens is 1. The monoisotopic (exact) mass is 239 g/mol. The fourth-order valence-corrected chi connectivity index (χ4v) is 1.02. The minimum Gasteiger partial charge on any atom is -0.493 e. The minimum atomic E-state index is 0. The maximum Gasteiger partial charge on any atom is 0.262 e. The van der Waals surface area contributed by atoms with Crippen LogP contribution in [0.15, 0.2) is 12.3 Å². The fraction of sp³-hybridized carbons (Fsp3) is 0.375. The Hall–Kier alpha value is -0.870. The average molecular weight is 240 g/mol. The Morgan fingerprint density at radius 1 is 1.36 bits per heavy atom. The molecule has 0 N–H and O–H groups in total. The molecule has 0 saturated carbocycles. The third-order valence-electron chi connectivity index (χ3n) is 1.45. The van der Waals surface area contributed by atoms with E-state index in [-0.39, 0.29) is 18.5 Å². The van der Waals surface area contributed by atoms with Crippen LogP contribution in [0.3, 0.4) is 0 Å². The van der Waals surface area contributed by atoms with E-state index in [1.165, 1.54) is 7.11 Å². The molecule has 0 spiro atoms. The molecule has 0 saturated heterocycles. The topological polar surface area (TPSA) is 40.6 Å². The summed E-state index contributed by atoms with van der Waals surface area (Å²) in [7, 11) is 3.06. The fourth-order valence-electron chi connectivity index (χ4n) is 0.915. The Morgan fingerprint density at radius 2 is 2.07 bits per heavy atom. The van der Waals surface area contributed by atoms with E-state index < -0.39 is 0 Å². The Kier molecular flexibility index (Phi) is 6.16. The number of hydrogen-bond donors (Lipinski definition) is 0. The van der Waals surface area contributed by atoms with Crippen molar-refractivity contribution < 1.29 is 14.2 Å². The summed E-state index contributed by atoms with van der Waals surface area (Å²) in [5.41, 5.74) is 0. The van der Waals surface area contributed by atoms with Crippen LogP contribution in [0.25, 0.3) is 0 Å². The van der Waals surface area contributed by atoms with E-state index >= 15 is 0 Å². The zero-order valence-electron chi connectivity index (χ0n) is 7.82. The van der Waals surface area contributed by atoms with Crippen LogP contribution < -0.4 is 14.2 Å². The van der Waals surface area contributed by atoms with Gasteiger partial charge in [0.25, 0.3) is 5.88 Å². The lowest BCUT2D eigenvalue weighted by Gasteiger charge is -2.10. The summed E-state index contributed by atoms with van der Waals surface area (Å²) in [6.07, 6.45) is 1.56. The first-order chi connectivity index (χ1) is 6.33. The highest BCUT2D eigenvalue weighted by Crippen LogP contribution is 2.34. The summed E-state index contributed by atoms with van der Waals surface area (Å²) in [5, 5.41) is 0. The second-order valence-electron chi connectivity index (χ2n) is 2.11. The molecule has 0 aliphatic rings. The van der Waals surface area contributed by atoms with Crippen LogP contribution in [-0.2, 0) is 0 Å². The smallest absolute Gasteiger partial charge is 0.262 e. The van der Waals surface area contributed by atoms with Gasteiger partial charge in [-0.15, -0.1) is 12.4 Å². The van der Waals surface area contributed by atoms with E-state index in [4.69, 9.17) is 25.8 Å². The molecule has 0 radical (unpaired) electrons. The number of rotatable bonds is 4. The van der Waals surface area contributed by atoms with E-state index in [9.17, 15) is 0 Å². The molecule has 0 unspecified atom stereocenters. The molecule has 0 amide bonds. The quantitative estimate of drug-likeness (QED) is 0.755. The van der Waals surface area contributed by atoms with Crippen LogP contribution in [-0.4, -0.2) is 25.3 Å². The minimum absolute atomic E-state index is 0. The summed E-state index contributed by atoms with van der Waals surface area (Å²) in [6, 6.07) is 1.70. The van der Waals surface area contributed by atoms with E-state index in [1.807, 2.05) is 0 Å². The molecule has 6 heteroatoms. The molecular weight excluding hydrogens is 229 g/mol. The molecule has 0 aliphatic heterocycles. The molecular formula is C8H11Cl2NO3. The Balaban J connectivity index is 0.00000169. The molecule has 1 rings (SSSR count). The van der Waals surface area contributed by atoms with Crippen molar-refractivity contribution in [1.29, 1.82) is 0 Å². The molecule has 0 atom stereocenters. The van der Waals surface area contributed by atoms with Crippen molar-refractivity contribution in [2.24, 2.45) is 0 Å². The van der Waals surface area contributed by atoms with Gasteiger partial charge in [-0.25, -0.2) is 4.98 Å². The zero-order chi connectivity index (χ0) is 9.68. The average Bonchev–Trinajstić information content (AvgIpc) is 2.18. The highest BCUT2D eigenvalue weighted by molar-refractivity contribution is 6.17. The Morgan fingerprint density at radius 3 is 2.57 bits per heavy atom. The number of nitrogens with zero attached hydrogens (tertiary/aromatic N) is 1. The molecule has 1 heterocycles. The van der Waals surface area contributed by atoms with Crippen molar-refractivity contribution in [2.45, 2.75) is 0 Å². The SMILES string of the molecule is COc1ccnc(OCCl)c1OC.Cl. The predicted molar refractivity (Wildman–Crippen MR) is 55.9 cm³/mol. The lowest BCUT2D eigenvalue weighted by atomic mass is 10.4. The van der Waals surface area contributed by atoms with Gasteiger partial charge in [0, 0.05) is 12.3 Å². The lowest BCUT2D eigenvalue weighted by Crippen LogP contribution is -1.98. The summed E-state index contributed by atoms with van der Waals surface area (Å²) >= 11 is 5.40. The van der Waals surface area contributed by atoms with Crippen molar-refractivity contribution >= 4 is 24.0 Å². The number of methoxy groups -OCH3 is 2. The maximum absolute atomic E-state index is 5.40. The standard InChI is InChI=1S/C8H10ClNO3.ClH/c1-11-6-3-4-10-8(13-5-9)7(6)12-2;/h3-4H,5H2,1-2H3;1H. The Bertz CT molecular complexity index is 283. The Labute approximate surface area is 93.5 Å². The second-order valence-corrected chi connectivity index (χ2v) is 2.32. The highest BCUT2D eigenvalue weighted by Gasteiger charge is 2.11. The lowest BCUT2D eigenvalue weighted by molar-refractivity contribution is 0.307. The number of halogens is 2. The molecule has 14 heavy (non-hydrogen) atoms. The molecule has 1 aromatic heterocycles. The van der Waals surface area contributed by atoms with Gasteiger partial charge >= 0.3 is 0 Å². The molecule has 80 valence electrons. The predicted octanol–water partition coefficient (Wildman–Crippen LogP) is 2.10. The van der Waals surface area contributed by atoms with Crippen LogP contribution in [0.5, 0.6) is 17.4 Å². The van der Waals surface area contributed by atoms with E-state index in [0.717, 1.165) is 0 Å². The summed E-state index contributed by atoms with van der Waals surface area (Å²) in [4.78, 5) is 3.94. The molecule has 1 aromatic rings. The number of alkyl halides is 1. The van der Waals surface area contributed by atoms with Crippen molar-refractivity contribution in [3.05, 3.63) is 12.3 Å². The van der Waals surface area contributed by atoms with Crippen LogP contribution in [0.1, 0.15) is 0 Å². The van der Waals surface area contributed by atoms with E-state index in [2.05, 4.69) is 4.98 Å². The number of ether oxygens (including phenoxy) is 3. The van der Waals surface area contributed by atoms with Crippen molar-refractivity contribution in [3.63, 3.8) is 0 Å². The van der Waals surface area contributed by atoms with Gasteiger partial charge in [0.2, 0.25) is 5.75 Å². The molecule has 0 aliphatic carbocycles. The van der Waals surface area contributed by atoms with Crippen molar-refractivity contribution in [2.75, 3.05) is 20.3 Å². The molecule has 4 nitrogen and oxygen atoms in total. The van der Waals surface area contributed by atoms with Crippen LogP contribution >= 0.6 is 24.0 Å². The van der Waals surface area contributed by atoms with Crippen molar-refractivity contribution in [1.82, 2.24) is 4.98 Å². The van der Waals surface area contributed by atoms with Gasteiger partial charge in [-0.05, 0) is 0 Å². The molecule has 0 fully saturated rings. The summed E-state index contributed by atoms with van der Waals surface area (Å²) < 4.78 is 15.1. The van der Waals surface area contributed by atoms with Crippen molar-refractivity contribution in [3.8, 4) is 17.4 Å². The number of hydrogen-bond acceptors (Lipinski definition) is 4. The van der Waals surface area contributed by atoms with E-state index in [1.54, 1.807) is 19.4 Å². The summed E-state index contributed by atoms with van der Waals surface area (Å²) in [6.45, 7) is 0. The maximum atomic E-state index is 5.40. The van der Waals surface area contributed by atoms with Crippen LogP contribution in [0.2, 0.25) is 0 Å². The first-order valence-corrected chi connectivity index (χ1v) is 4.12. The van der Waals surface area contributed by atoms with Gasteiger partial charge in [-0.2, -0.15) is 0 Å². The second kappa shape index (κ2) is 6.56. The van der Waals surface area contributed by atoms with E-state index in [0.29, 0.717) is 17.4 Å². The first-order valence-electron chi connectivity index (χ1n) is 3.59. The van der Waals surface area contributed by atoms with Crippen LogP contribution in [0.4, 0.5) is 0 Å². The zero-order valence-corrected chi connectivity index (χ0v) is 9.39. The third kappa shape index (κ3) is 2.82. The van der Waals surface area contributed by atoms with Gasteiger partial charge in [0.05, 0.1) is 14.2 Å².